The van der Waals surface area contributed by atoms with Gasteiger partial charge in [0.05, 0.1) is 25.3 Å². The van der Waals surface area contributed by atoms with Crippen molar-refractivity contribution in [3.63, 3.8) is 0 Å². The minimum Gasteiger partial charge on any atom is -0.394 e. The molecule has 2 aliphatic rings. The second-order valence-corrected chi connectivity index (χ2v) is 8.60. The molecule has 0 spiro atoms. The fourth-order valence-corrected chi connectivity index (χ4v) is 4.03. The van der Waals surface area contributed by atoms with Crippen LogP contribution >= 0.6 is 0 Å². The number of anilines is 1. The Bertz CT molecular complexity index is 1150. The SMILES string of the molecule is COC[C@H]1CC(C=Nc2nc(NC3CCOC3)ncc2C)=C(N)C(=O)N1Cc1ccc(F)c(F)c1. The molecule has 1 aromatic heterocycles. The molecular weight excluding hydrogens is 458 g/mol. The first kappa shape index (κ1) is 24.7. The summed E-state index contributed by atoms with van der Waals surface area (Å²) in [7, 11) is 1.53. The highest BCUT2D eigenvalue weighted by Crippen LogP contribution is 2.25. The number of aryl methyl sites for hydroxylation is 1. The van der Waals surface area contributed by atoms with Crippen molar-refractivity contribution in [3.05, 3.63) is 58.4 Å². The highest BCUT2D eigenvalue weighted by atomic mass is 19.2. The maximum atomic E-state index is 13.7. The maximum Gasteiger partial charge on any atom is 0.270 e. The first-order chi connectivity index (χ1) is 16.9. The monoisotopic (exact) mass is 486 g/mol. The quantitative estimate of drug-likeness (QED) is 0.551. The highest BCUT2D eigenvalue weighted by Gasteiger charge is 2.33. The number of hydrogen-bond acceptors (Lipinski definition) is 8. The van der Waals surface area contributed by atoms with E-state index in [1.807, 2.05) is 6.92 Å². The molecule has 2 atom stereocenters. The van der Waals surface area contributed by atoms with Crippen molar-refractivity contribution in [2.45, 2.75) is 38.4 Å². The zero-order chi connectivity index (χ0) is 24.9. The Kier molecular flexibility index (Phi) is 7.67. The molecule has 1 saturated heterocycles. The Hall–Kier alpha value is -3.44. The smallest absolute Gasteiger partial charge is 0.270 e. The summed E-state index contributed by atoms with van der Waals surface area (Å²) in [6.07, 6.45) is 4.48. The molecule has 1 fully saturated rings. The third-order valence-corrected chi connectivity index (χ3v) is 5.98. The Morgan fingerprint density at radius 1 is 1.37 bits per heavy atom. The van der Waals surface area contributed by atoms with Crippen LogP contribution in [0.1, 0.15) is 24.0 Å². The van der Waals surface area contributed by atoms with Gasteiger partial charge in [-0.15, -0.1) is 0 Å². The molecule has 11 heteroatoms. The number of rotatable bonds is 8. The average Bonchev–Trinajstić information content (AvgIpc) is 3.35. The fourth-order valence-electron chi connectivity index (χ4n) is 4.03. The Labute approximate surface area is 202 Å². The third-order valence-electron chi connectivity index (χ3n) is 5.98. The standard InChI is InChI=1S/C24H28F2N6O3/c1-14-9-29-24(30-17-5-6-35-12-17)31-22(14)28-10-16-8-18(13-34-2)32(23(33)21(16)27)11-15-3-4-19(25)20(26)7-15/h3-4,7,9-10,17-18H,5-6,8,11-13,27H2,1-2H3,(H,29,30,31)/t17?,18-/m1/s1. The maximum absolute atomic E-state index is 13.7. The lowest BCUT2D eigenvalue weighted by Crippen LogP contribution is -2.48. The molecule has 0 saturated carbocycles. The summed E-state index contributed by atoms with van der Waals surface area (Å²) in [4.78, 5) is 27.9. The van der Waals surface area contributed by atoms with Crippen LogP contribution in [0.5, 0.6) is 0 Å². The first-order valence-electron chi connectivity index (χ1n) is 11.3. The van der Waals surface area contributed by atoms with E-state index in [1.165, 1.54) is 18.1 Å². The topological polar surface area (TPSA) is 115 Å². The number of amides is 1. The first-order valence-corrected chi connectivity index (χ1v) is 11.3. The predicted molar refractivity (Wildman–Crippen MR) is 126 cm³/mol. The molecule has 9 nitrogen and oxygen atoms in total. The summed E-state index contributed by atoms with van der Waals surface area (Å²) in [5, 5.41) is 3.24. The lowest BCUT2D eigenvalue weighted by Gasteiger charge is -2.36. The number of methoxy groups -OCH3 is 1. The van der Waals surface area contributed by atoms with E-state index in [9.17, 15) is 13.6 Å². The molecule has 0 radical (unpaired) electrons. The van der Waals surface area contributed by atoms with Crippen LogP contribution in [0.2, 0.25) is 0 Å². The molecule has 0 aliphatic carbocycles. The van der Waals surface area contributed by atoms with E-state index in [0.29, 0.717) is 42.5 Å². The summed E-state index contributed by atoms with van der Waals surface area (Å²) < 4.78 is 37.7. The van der Waals surface area contributed by atoms with Gasteiger partial charge in [0.15, 0.2) is 17.5 Å². The van der Waals surface area contributed by atoms with Gasteiger partial charge in [-0.1, -0.05) is 6.07 Å². The number of aromatic nitrogens is 2. The molecule has 2 aliphatic heterocycles. The zero-order valence-electron chi connectivity index (χ0n) is 19.6. The lowest BCUT2D eigenvalue weighted by atomic mass is 9.97. The van der Waals surface area contributed by atoms with E-state index in [1.54, 1.807) is 12.4 Å². The fraction of sp³-hybridized carbons (Fsp3) is 0.417. The summed E-state index contributed by atoms with van der Waals surface area (Å²) in [5.41, 5.74) is 7.99. The number of hydrogen-bond donors (Lipinski definition) is 2. The van der Waals surface area contributed by atoms with Crippen molar-refractivity contribution in [3.8, 4) is 0 Å². The Morgan fingerprint density at radius 3 is 2.91 bits per heavy atom. The number of carbonyl (C=O) groups excluding carboxylic acids is 1. The van der Waals surface area contributed by atoms with Crippen molar-refractivity contribution in [1.82, 2.24) is 14.9 Å². The van der Waals surface area contributed by atoms with Gasteiger partial charge in [0.1, 0.15) is 5.70 Å². The van der Waals surface area contributed by atoms with Crippen LogP contribution in [0.15, 0.2) is 40.7 Å². The van der Waals surface area contributed by atoms with E-state index in [-0.39, 0.29) is 30.9 Å². The molecule has 4 rings (SSSR count). The minimum absolute atomic E-state index is 0.0387. The number of aliphatic imine (C=N–C) groups is 1. The van der Waals surface area contributed by atoms with Crippen LogP contribution in [-0.4, -0.2) is 66.0 Å². The van der Waals surface area contributed by atoms with Gasteiger partial charge in [-0.2, -0.15) is 4.98 Å². The molecule has 2 aromatic rings. The largest absolute Gasteiger partial charge is 0.394 e. The van der Waals surface area contributed by atoms with E-state index in [2.05, 4.69) is 20.3 Å². The number of carbonyl (C=O) groups is 1. The molecule has 3 N–H and O–H groups in total. The van der Waals surface area contributed by atoms with Crippen molar-refractivity contribution in [1.29, 1.82) is 0 Å². The van der Waals surface area contributed by atoms with Gasteiger partial charge in [-0.25, -0.2) is 18.8 Å². The molecule has 0 bridgehead atoms. The number of ether oxygens (including phenoxy) is 2. The molecule has 1 unspecified atom stereocenters. The highest BCUT2D eigenvalue weighted by molar-refractivity contribution is 6.01. The van der Waals surface area contributed by atoms with E-state index in [4.69, 9.17) is 15.2 Å². The lowest BCUT2D eigenvalue weighted by molar-refractivity contribution is -0.132. The summed E-state index contributed by atoms with van der Waals surface area (Å²) in [6.45, 7) is 3.45. The van der Waals surface area contributed by atoms with Crippen LogP contribution in [0, 0.1) is 18.6 Å². The van der Waals surface area contributed by atoms with E-state index in [0.717, 1.165) is 24.1 Å². The Morgan fingerprint density at radius 2 is 2.20 bits per heavy atom. The second kappa shape index (κ2) is 10.9. The van der Waals surface area contributed by atoms with Crippen molar-refractivity contribution in [2.24, 2.45) is 10.7 Å². The van der Waals surface area contributed by atoms with Crippen LogP contribution in [0.4, 0.5) is 20.5 Å². The van der Waals surface area contributed by atoms with Crippen LogP contribution in [0.3, 0.4) is 0 Å². The van der Waals surface area contributed by atoms with E-state index >= 15 is 0 Å². The third kappa shape index (κ3) is 5.80. The molecular formula is C24H28F2N6O3. The van der Waals surface area contributed by atoms with Gasteiger partial charge < -0.3 is 25.4 Å². The van der Waals surface area contributed by atoms with Crippen molar-refractivity contribution in [2.75, 3.05) is 32.2 Å². The van der Waals surface area contributed by atoms with Crippen LogP contribution in [-0.2, 0) is 20.8 Å². The van der Waals surface area contributed by atoms with Gasteiger partial charge >= 0.3 is 0 Å². The minimum atomic E-state index is -0.971. The van der Waals surface area contributed by atoms with Gasteiger partial charge in [0, 0.05) is 43.8 Å². The van der Waals surface area contributed by atoms with Gasteiger partial charge in [-0.05, 0) is 37.5 Å². The summed E-state index contributed by atoms with van der Waals surface area (Å²) in [6, 6.07) is 3.34. The molecule has 186 valence electrons. The number of benzene rings is 1. The normalized spacial score (nSPS) is 20.8. The van der Waals surface area contributed by atoms with Gasteiger partial charge in [-0.3, -0.25) is 4.79 Å². The zero-order valence-corrected chi connectivity index (χ0v) is 19.6. The second-order valence-electron chi connectivity index (χ2n) is 8.60. The average molecular weight is 487 g/mol. The van der Waals surface area contributed by atoms with Gasteiger partial charge in [0.25, 0.3) is 5.91 Å². The van der Waals surface area contributed by atoms with Crippen LogP contribution < -0.4 is 11.1 Å². The Balaban J connectivity index is 1.54. The summed E-state index contributed by atoms with van der Waals surface area (Å²) >= 11 is 0. The predicted octanol–water partition coefficient (Wildman–Crippen LogP) is 2.63. The number of nitrogens with two attached hydrogens (primary N) is 1. The number of nitrogens with zero attached hydrogens (tertiary/aromatic N) is 4. The molecule has 35 heavy (non-hydrogen) atoms. The van der Waals surface area contributed by atoms with Crippen molar-refractivity contribution >= 4 is 23.9 Å². The van der Waals surface area contributed by atoms with Crippen molar-refractivity contribution < 1.29 is 23.0 Å². The van der Waals surface area contributed by atoms with Gasteiger partial charge in [0.2, 0.25) is 5.95 Å². The van der Waals surface area contributed by atoms with Crippen LogP contribution in [0.25, 0.3) is 0 Å². The van der Waals surface area contributed by atoms with E-state index < -0.39 is 17.5 Å². The molecule has 1 aromatic carbocycles. The number of nitrogens with one attached hydrogen (secondary N) is 1. The summed E-state index contributed by atoms with van der Waals surface area (Å²) in [5.74, 6) is -1.43. The number of halogens is 2. The molecule has 3 heterocycles. The molecule has 1 amide bonds.